The van der Waals surface area contributed by atoms with E-state index in [-0.39, 0.29) is 0 Å². The minimum atomic E-state index is 0.923. The van der Waals surface area contributed by atoms with Gasteiger partial charge in [-0.05, 0) is 30.7 Å². The average Bonchev–Trinajstić information content (AvgIpc) is 2.85. The van der Waals surface area contributed by atoms with Crippen LogP contribution in [0.2, 0.25) is 0 Å². The molecule has 0 bridgehead atoms. The van der Waals surface area contributed by atoms with E-state index in [1.807, 2.05) is 6.20 Å². The molecule has 3 nitrogen and oxygen atoms in total. The molecule has 0 fully saturated rings. The van der Waals surface area contributed by atoms with Gasteiger partial charge in [0.25, 0.3) is 0 Å². The number of aromatic nitrogens is 2. The first kappa shape index (κ1) is 12.8. The summed E-state index contributed by atoms with van der Waals surface area (Å²) in [5.41, 5.74) is 3.77. The van der Waals surface area contributed by atoms with Crippen molar-refractivity contribution >= 4 is 0 Å². The van der Waals surface area contributed by atoms with Crippen LogP contribution < -0.4 is 5.32 Å². The molecule has 0 aliphatic rings. The van der Waals surface area contributed by atoms with Crippen LogP contribution in [0.3, 0.4) is 0 Å². The van der Waals surface area contributed by atoms with Gasteiger partial charge in [0.1, 0.15) is 0 Å². The molecule has 1 N–H and O–H groups in total. The van der Waals surface area contributed by atoms with E-state index < -0.39 is 0 Å². The van der Waals surface area contributed by atoms with Crippen molar-refractivity contribution in [3.05, 3.63) is 42.1 Å². The van der Waals surface area contributed by atoms with Gasteiger partial charge < -0.3 is 5.32 Å². The number of nitrogens with one attached hydrogen (secondary N) is 1. The Bertz CT molecular complexity index is 488. The number of aryl methyl sites for hydroxylation is 1. The second kappa shape index (κ2) is 6.36. The third kappa shape index (κ3) is 2.99. The van der Waals surface area contributed by atoms with Crippen molar-refractivity contribution in [2.24, 2.45) is 0 Å². The van der Waals surface area contributed by atoms with Gasteiger partial charge in [0.05, 0.1) is 5.69 Å². The normalized spacial score (nSPS) is 10.8. The minimum absolute atomic E-state index is 0.923. The Morgan fingerprint density at radius 3 is 2.89 bits per heavy atom. The fourth-order valence-corrected chi connectivity index (χ4v) is 2.08. The maximum absolute atomic E-state index is 4.38. The zero-order valence-corrected chi connectivity index (χ0v) is 11.2. The smallest absolute Gasteiger partial charge is 0.0682 e. The summed E-state index contributed by atoms with van der Waals surface area (Å²) >= 11 is 0. The lowest BCUT2D eigenvalue weighted by Crippen LogP contribution is -2.11. The van der Waals surface area contributed by atoms with Crippen LogP contribution in [0.5, 0.6) is 0 Å². The van der Waals surface area contributed by atoms with Gasteiger partial charge >= 0.3 is 0 Å². The molecule has 0 saturated heterocycles. The number of rotatable bonds is 6. The Morgan fingerprint density at radius 1 is 1.22 bits per heavy atom. The van der Waals surface area contributed by atoms with Gasteiger partial charge in [0, 0.05) is 24.8 Å². The van der Waals surface area contributed by atoms with Crippen LogP contribution in [0.25, 0.3) is 11.3 Å². The Balaban J connectivity index is 2.24. The molecule has 0 aliphatic heterocycles. The van der Waals surface area contributed by atoms with Crippen molar-refractivity contribution in [1.82, 2.24) is 15.1 Å². The van der Waals surface area contributed by atoms with Crippen LogP contribution >= 0.6 is 0 Å². The lowest BCUT2D eigenvalue weighted by molar-refractivity contribution is 0.609. The quantitative estimate of drug-likeness (QED) is 0.845. The van der Waals surface area contributed by atoms with Crippen LogP contribution in [0.4, 0.5) is 0 Å². The van der Waals surface area contributed by atoms with Crippen molar-refractivity contribution in [2.75, 3.05) is 6.54 Å². The maximum Gasteiger partial charge on any atom is 0.0682 e. The first-order valence-electron chi connectivity index (χ1n) is 6.67. The fourth-order valence-electron chi connectivity index (χ4n) is 2.08. The molecule has 1 heterocycles. The highest BCUT2D eigenvalue weighted by Crippen LogP contribution is 2.20. The van der Waals surface area contributed by atoms with Gasteiger partial charge in [-0.15, -0.1) is 0 Å². The number of hydrogen-bond donors (Lipinski definition) is 1. The second-order valence-corrected chi connectivity index (χ2v) is 4.42. The third-order valence-corrected chi connectivity index (χ3v) is 2.95. The monoisotopic (exact) mass is 243 g/mol. The van der Waals surface area contributed by atoms with Crippen molar-refractivity contribution in [1.29, 1.82) is 0 Å². The van der Waals surface area contributed by atoms with E-state index in [1.54, 1.807) is 0 Å². The standard InChI is InChI=1S/C15H21N3/c1-3-10-18-15(8-9-17-18)14-7-5-6-13(11-14)12-16-4-2/h5-9,11,16H,3-4,10,12H2,1-2H3. The van der Waals surface area contributed by atoms with E-state index in [1.165, 1.54) is 16.8 Å². The van der Waals surface area contributed by atoms with E-state index in [4.69, 9.17) is 0 Å². The second-order valence-electron chi connectivity index (χ2n) is 4.42. The molecule has 0 atom stereocenters. The number of hydrogen-bond acceptors (Lipinski definition) is 2. The maximum atomic E-state index is 4.38. The Hall–Kier alpha value is -1.61. The summed E-state index contributed by atoms with van der Waals surface area (Å²) in [7, 11) is 0. The Labute approximate surface area is 109 Å². The van der Waals surface area contributed by atoms with Gasteiger partial charge in [0.15, 0.2) is 0 Å². The fraction of sp³-hybridized carbons (Fsp3) is 0.400. The Morgan fingerprint density at radius 2 is 2.11 bits per heavy atom. The van der Waals surface area contributed by atoms with Gasteiger partial charge in [-0.3, -0.25) is 4.68 Å². The van der Waals surface area contributed by atoms with Crippen LogP contribution in [0.15, 0.2) is 36.5 Å². The van der Waals surface area contributed by atoms with Crippen LogP contribution in [0, 0.1) is 0 Å². The highest BCUT2D eigenvalue weighted by Gasteiger charge is 2.05. The minimum Gasteiger partial charge on any atom is -0.313 e. The Kier molecular flexibility index (Phi) is 4.53. The lowest BCUT2D eigenvalue weighted by Gasteiger charge is -2.08. The van der Waals surface area contributed by atoms with E-state index in [0.29, 0.717) is 0 Å². The summed E-state index contributed by atoms with van der Waals surface area (Å²) in [5, 5.41) is 7.73. The summed E-state index contributed by atoms with van der Waals surface area (Å²) in [5.74, 6) is 0. The van der Waals surface area contributed by atoms with Crippen molar-refractivity contribution in [2.45, 2.75) is 33.4 Å². The van der Waals surface area contributed by atoms with Crippen LogP contribution in [0.1, 0.15) is 25.8 Å². The van der Waals surface area contributed by atoms with Crippen molar-refractivity contribution in [3.63, 3.8) is 0 Å². The molecule has 0 aliphatic carbocycles. The molecule has 3 heteroatoms. The SMILES string of the molecule is CCCn1nccc1-c1cccc(CNCC)c1. The summed E-state index contributed by atoms with van der Waals surface area (Å²) in [6, 6.07) is 10.8. The molecule has 1 aromatic heterocycles. The highest BCUT2D eigenvalue weighted by molar-refractivity contribution is 5.60. The van der Waals surface area contributed by atoms with Gasteiger partial charge in [0.2, 0.25) is 0 Å². The summed E-state index contributed by atoms with van der Waals surface area (Å²) in [6.45, 7) is 7.19. The molecule has 96 valence electrons. The van der Waals surface area contributed by atoms with E-state index in [0.717, 1.165) is 26.1 Å². The van der Waals surface area contributed by atoms with Crippen LogP contribution in [-0.2, 0) is 13.1 Å². The van der Waals surface area contributed by atoms with Crippen LogP contribution in [-0.4, -0.2) is 16.3 Å². The predicted octanol–water partition coefficient (Wildman–Crippen LogP) is 3.07. The zero-order chi connectivity index (χ0) is 12.8. The first-order chi connectivity index (χ1) is 8.85. The summed E-state index contributed by atoms with van der Waals surface area (Å²) in [4.78, 5) is 0. The molecule has 0 unspecified atom stereocenters. The molecule has 2 aromatic rings. The highest BCUT2D eigenvalue weighted by atomic mass is 15.3. The predicted molar refractivity (Wildman–Crippen MR) is 75.3 cm³/mol. The van der Waals surface area contributed by atoms with Crippen molar-refractivity contribution in [3.8, 4) is 11.3 Å². The largest absolute Gasteiger partial charge is 0.313 e. The molecule has 0 radical (unpaired) electrons. The molecular weight excluding hydrogens is 222 g/mol. The first-order valence-corrected chi connectivity index (χ1v) is 6.67. The van der Waals surface area contributed by atoms with Gasteiger partial charge in [-0.25, -0.2) is 0 Å². The summed E-state index contributed by atoms with van der Waals surface area (Å²) < 4.78 is 2.08. The molecular formula is C15H21N3. The van der Waals surface area contributed by atoms with E-state index in [9.17, 15) is 0 Å². The summed E-state index contributed by atoms with van der Waals surface area (Å²) in [6.07, 6.45) is 2.98. The molecule has 18 heavy (non-hydrogen) atoms. The number of nitrogens with zero attached hydrogens (tertiary/aromatic N) is 2. The molecule has 2 rings (SSSR count). The third-order valence-electron chi connectivity index (χ3n) is 2.95. The van der Waals surface area contributed by atoms with E-state index >= 15 is 0 Å². The molecule has 0 saturated carbocycles. The number of benzene rings is 1. The molecule has 0 spiro atoms. The molecule has 0 amide bonds. The zero-order valence-electron chi connectivity index (χ0n) is 11.2. The topological polar surface area (TPSA) is 29.9 Å². The average molecular weight is 243 g/mol. The molecule has 1 aromatic carbocycles. The van der Waals surface area contributed by atoms with Crippen molar-refractivity contribution < 1.29 is 0 Å². The lowest BCUT2D eigenvalue weighted by atomic mass is 10.1. The van der Waals surface area contributed by atoms with Gasteiger partial charge in [-0.1, -0.05) is 32.0 Å². The van der Waals surface area contributed by atoms with E-state index in [2.05, 4.69) is 59.3 Å². The van der Waals surface area contributed by atoms with Gasteiger partial charge in [-0.2, -0.15) is 5.10 Å².